The maximum atomic E-state index is 12.7. The van der Waals surface area contributed by atoms with E-state index in [4.69, 9.17) is 0 Å². The molecule has 2 fully saturated rings. The highest BCUT2D eigenvalue weighted by Crippen LogP contribution is 2.29. The molecule has 0 spiro atoms. The largest absolute Gasteiger partial charge is 0.356 e. The number of carbonyl (C=O) groups excluding carboxylic acids is 1. The van der Waals surface area contributed by atoms with Crippen LogP contribution in [0.1, 0.15) is 62.9 Å². The number of nitrogens with one attached hydrogen (secondary N) is 2. The average Bonchev–Trinajstić information content (AvgIpc) is 3.11. The summed E-state index contributed by atoms with van der Waals surface area (Å²) in [5.41, 5.74) is 0.320. The molecule has 0 aromatic carbocycles. The summed E-state index contributed by atoms with van der Waals surface area (Å²) in [5, 5.41) is 3.08. The number of carbonyl (C=O) groups is 1. The number of sulfonamides is 1. The fourth-order valence-electron chi connectivity index (χ4n) is 3.94. The summed E-state index contributed by atoms with van der Waals surface area (Å²) in [6, 6.07) is 1.62. The normalized spacial score (nSPS) is 28.6. The molecule has 0 bridgehead atoms. The number of aromatic nitrogens is 1. The lowest BCUT2D eigenvalue weighted by Crippen LogP contribution is -2.43. The molecular weight excluding hydrogens is 338 g/mol. The number of nitrogens with zero attached hydrogens (tertiary/aromatic N) is 1. The summed E-state index contributed by atoms with van der Waals surface area (Å²) in [6.45, 7) is 5.52. The standard InChI is InChI=1S/C18H29N3O3S/c1-13-7-6-8-16(14(13)2)20-18(22)17-11-15(12-19-17)25(23,24)21-9-4-3-5-10-21/h11-14,16,19H,3-10H2,1-2H3,(H,20,22)/t13-,14+,16+/m1/s1. The Kier molecular flexibility index (Phi) is 5.53. The molecule has 1 aromatic heterocycles. The van der Waals surface area contributed by atoms with Crippen molar-refractivity contribution in [1.29, 1.82) is 0 Å². The summed E-state index contributed by atoms with van der Waals surface area (Å²) in [4.78, 5) is 15.6. The van der Waals surface area contributed by atoms with Crippen molar-refractivity contribution in [2.45, 2.75) is 63.3 Å². The molecule has 1 aliphatic carbocycles. The van der Waals surface area contributed by atoms with Crippen molar-refractivity contribution in [3.8, 4) is 0 Å². The zero-order valence-corrected chi connectivity index (χ0v) is 15.9. The van der Waals surface area contributed by atoms with Gasteiger partial charge in [-0.2, -0.15) is 4.31 Å². The molecule has 1 saturated heterocycles. The third kappa shape index (κ3) is 3.92. The molecule has 1 amide bonds. The van der Waals surface area contributed by atoms with E-state index in [0.29, 0.717) is 30.6 Å². The van der Waals surface area contributed by atoms with Crippen LogP contribution in [0.4, 0.5) is 0 Å². The molecule has 3 atom stereocenters. The van der Waals surface area contributed by atoms with Crippen molar-refractivity contribution in [3.63, 3.8) is 0 Å². The van der Waals surface area contributed by atoms with Crippen LogP contribution in [0.15, 0.2) is 17.2 Å². The van der Waals surface area contributed by atoms with Crippen LogP contribution >= 0.6 is 0 Å². The van der Waals surface area contributed by atoms with Crippen LogP contribution in [-0.4, -0.2) is 42.7 Å². The third-order valence-electron chi connectivity index (χ3n) is 5.88. The van der Waals surface area contributed by atoms with Crippen molar-refractivity contribution < 1.29 is 13.2 Å². The quantitative estimate of drug-likeness (QED) is 0.858. The van der Waals surface area contributed by atoms with Crippen molar-refractivity contribution in [2.75, 3.05) is 13.1 Å². The van der Waals surface area contributed by atoms with Gasteiger partial charge in [-0.25, -0.2) is 8.42 Å². The predicted octanol–water partition coefficient (Wildman–Crippen LogP) is 2.74. The van der Waals surface area contributed by atoms with Gasteiger partial charge in [-0.15, -0.1) is 0 Å². The Morgan fingerprint density at radius 2 is 1.88 bits per heavy atom. The zero-order chi connectivity index (χ0) is 18.0. The first-order valence-corrected chi connectivity index (χ1v) is 10.8. The van der Waals surface area contributed by atoms with E-state index >= 15 is 0 Å². The van der Waals surface area contributed by atoms with Gasteiger partial charge in [0, 0.05) is 25.3 Å². The minimum Gasteiger partial charge on any atom is -0.356 e. The minimum absolute atomic E-state index is 0.154. The van der Waals surface area contributed by atoms with Crippen LogP contribution in [-0.2, 0) is 10.0 Å². The first kappa shape index (κ1) is 18.5. The Hall–Kier alpha value is -1.34. The molecule has 140 valence electrons. The van der Waals surface area contributed by atoms with Crippen LogP contribution < -0.4 is 5.32 Å². The third-order valence-corrected chi connectivity index (χ3v) is 7.75. The molecule has 25 heavy (non-hydrogen) atoms. The molecule has 7 heteroatoms. The van der Waals surface area contributed by atoms with Gasteiger partial charge in [0.25, 0.3) is 5.91 Å². The molecule has 0 unspecified atom stereocenters. The van der Waals surface area contributed by atoms with E-state index in [-0.39, 0.29) is 16.8 Å². The van der Waals surface area contributed by atoms with Crippen molar-refractivity contribution >= 4 is 15.9 Å². The molecule has 1 saturated carbocycles. The van der Waals surface area contributed by atoms with Gasteiger partial charge >= 0.3 is 0 Å². The summed E-state index contributed by atoms with van der Waals surface area (Å²) in [7, 11) is -3.51. The van der Waals surface area contributed by atoms with Gasteiger partial charge in [-0.3, -0.25) is 4.79 Å². The summed E-state index contributed by atoms with van der Waals surface area (Å²) in [6.07, 6.45) is 7.61. The lowest BCUT2D eigenvalue weighted by molar-refractivity contribution is 0.0886. The Labute approximate surface area is 150 Å². The lowest BCUT2D eigenvalue weighted by Gasteiger charge is -2.34. The molecule has 0 radical (unpaired) electrons. The van der Waals surface area contributed by atoms with E-state index < -0.39 is 10.0 Å². The van der Waals surface area contributed by atoms with Gasteiger partial charge in [-0.05, 0) is 37.2 Å². The second-order valence-electron chi connectivity index (χ2n) is 7.56. The molecule has 6 nitrogen and oxygen atoms in total. The number of hydrogen-bond donors (Lipinski definition) is 2. The average molecular weight is 368 g/mol. The van der Waals surface area contributed by atoms with Crippen LogP contribution in [0.25, 0.3) is 0 Å². The van der Waals surface area contributed by atoms with Crippen LogP contribution in [0.2, 0.25) is 0 Å². The van der Waals surface area contributed by atoms with Gasteiger partial charge < -0.3 is 10.3 Å². The van der Waals surface area contributed by atoms with Crippen LogP contribution in [0.3, 0.4) is 0 Å². The molecule has 1 aromatic rings. The number of hydrogen-bond acceptors (Lipinski definition) is 3. The van der Waals surface area contributed by atoms with Gasteiger partial charge in [-0.1, -0.05) is 33.1 Å². The highest BCUT2D eigenvalue weighted by Gasteiger charge is 2.30. The molecule has 2 N–H and O–H groups in total. The van der Waals surface area contributed by atoms with E-state index in [9.17, 15) is 13.2 Å². The van der Waals surface area contributed by atoms with Gasteiger partial charge in [0.05, 0.1) is 0 Å². The molecule has 2 aliphatic rings. The second kappa shape index (κ2) is 7.50. The fraction of sp³-hybridized carbons (Fsp3) is 0.722. The number of amides is 1. The second-order valence-corrected chi connectivity index (χ2v) is 9.50. The Morgan fingerprint density at radius 1 is 1.16 bits per heavy atom. The number of aromatic amines is 1. The predicted molar refractivity (Wildman–Crippen MR) is 96.8 cm³/mol. The molecule has 2 heterocycles. The van der Waals surface area contributed by atoms with E-state index in [1.165, 1.54) is 23.0 Å². The highest BCUT2D eigenvalue weighted by atomic mass is 32.2. The number of rotatable bonds is 4. The summed E-state index contributed by atoms with van der Waals surface area (Å²) >= 11 is 0. The van der Waals surface area contributed by atoms with Crippen LogP contribution in [0, 0.1) is 11.8 Å². The number of H-pyrrole nitrogens is 1. The van der Waals surface area contributed by atoms with Gasteiger partial charge in [0.2, 0.25) is 10.0 Å². The summed E-state index contributed by atoms with van der Waals surface area (Å²) in [5.74, 6) is 0.813. The number of piperidine rings is 1. The van der Waals surface area contributed by atoms with Gasteiger partial charge in [0.15, 0.2) is 0 Å². The Balaban J connectivity index is 1.69. The maximum absolute atomic E-state index is 12.7. The van der Waals surface area contributed by atoms with E-state index in [1.807, 2.05) is 0 Å². The monoisotopic (exact) mass is 367 g/mol. The molecular formula is C18H29N3O3S. The topological polar surface area (TPSA) is 82.3 Å². The van der Waals surface area contributed by atoms with Crippen molar-refractivity contribution in [1.82, 2.24) is 14.6 Å². The molecule has 3 rings (SSSR count). The van der Waals surface area contributed by atoms with E-state index in [0.717, 1.165) is 32.1 Å². The zero-order valence-electron chi connectivity index (χ0n) is 15.1. The molecule has 1 aliphatic heterocycles. The Morgan fingerprint density at radius 3 is 2.60 bits per heavy atom. The van der Waals surface area contributed by atoms with Crippen molar-refractivity contribution in [3.05, 3.63) is 18.0 Å². The fourth-order valence-corrected chi connectivity index (χ4v) is 5.45. The maximum Gasteiger partial charge on any atom is 0.267 e. The minimum atomic E-state index is -3.51. The first-order valence-electron chi connectivity index (χ1n) is 9.39. The lowest BCUT2D eigenvalue weighted by atomic mass is 9.78. The van der Waals surface area contributed by atoms with Crippen LogP contribution in [0.5, 0.6) is 0 Å². The highest BCUT2D eigenvalue weighted by molar-refractivity contribution is 7.89. The smallest absolute Gasteiger partial charge is 0.267 e. The Bertz CT molecular complexity index is 707. The van der Waals surface area contributed by atoms with E-state index in [2.05, 4.69) is 24.1 Å². The summed E-state index contributed by atoms with van der Waals surface area (Å²) < 4.78 is 26.9. The van der Waals surface area contributed by atoms with E-state index in [1.54, 1.807) is 0 Å². The SMILES string of the molecule is C[C@H]1[C@H](C)CCC[C@@H]1NC(=O)c1cc(S(=O)(=O)N2CCCCC2)c[nH]1. The van der Waals surface area contributed by atoms with Crippen molar-refractivity contribution in [2.24, 2.45) is 11.8 Å². The van der Waals surface area contributed by atoms with Gasteiger partial charge in [0.1, 0.15) is 10.6 Å². The first-order chi connectivity index (χ1) is 11.9.